The summed E-state index contributed by atoms with van der Waals surface area (Å²) in [4.78, 5) is 0. The maximum Gasteiger partial charge on any atom is 0.495 e. The molecule has 0 spiro atoms. The van der Waals surface area contributed by atoms with Gasteiger partial charge in [-0.1, -0.05) is 84.9 Å². The van der Waals surface area contributed by atoms with Crippen LogP contribution in [0.15, 0.2) is 108 Å². The van der Waals surface area contributed by atoms with Crippen molar-refractivity contribution in [2.75, 3.05) is 0 Å². The summed E-state index contributed by atoms with van der Waals surface area (Å²) in [7, 11) is -0.477. The van der Waals surface area contributed by atoms with E-state index in [4.69, 9.17) is 13.7 Å². The summed E-state index contributed by atoms with van der Waals surface area (Å²) in [6, 6.07) is 36.8. The second kappa shape index (κ2) is 8.20. The van der Waals surface area contributed by atoms with Gasteiger partial charge in [-0.25, -0.2) is 0 Å². The maximum absolute atomic E-state index is 6.50. The van der Waals surface area contributed by atoms with Crippen molar-refractivity contribution < 1.29 is 13.7 Å². The topological polar surface area (TPSA) is 31.6 Å². The van der Waals surface area contributed by atoms with Crippen molar-refractivity contribution in [2.45, 2.75) is 38.9 Å². The predicted molar refractivity (Wildman–Crippen MR) is 167 cm³/mol. The van der Waals surface area contributed by atoms with Crippen molar-refractivity contribution >= 4 is 66.8 Å². The van der Waals surface area contributed by atoms with Gasteiger partial charge in [0.15, 0.2) is 0 Å². The zero-order valence-corrected chi connectivity index (χ0v) is 23.1. The van der Waals surface area contributed by atoms with Gasteiger partial charge >= 0.3 is 7.12 Å². The molecule has 1 saturated heterocycles. The molecule has 2 heterocycles. The standard InChI is InChI=1S/C36H29BO3/c1-35(2)36(3,4)40-37(39-35)30-16-10-18-32-34(30)33-23(15-9-17-31(33)38-32)22-19-20-28-26-13-6-5-11-24(26)25-12-7-8-14-27(25)29(28)21-22/h5-21H,1-4H3. The Morgan fingerprint density at radius 2 is 1.02 bits per heavy atom. The average Bonchev–Trinajstić information content (AvgIpc) is 3.45. The minimum absolute atomic E-state index is 0.426. The van der Waals surface area contributed by atoms with Crippen molar-refractivity contribution in [3.8, 4) is 11.1 Å². The van der Waals surface area contributed by atoms with Gasteiger partial charge in [-0.3, -0.25) is 0 Å². The molecule has 1 aromatic heterocycles. The fourth-order valence-corrected chi connectivity index (χ4v) is 6.38. The van der Waals surface area contributed by atoms with Gasteiger partial charge in [-0.2, -0.15) is 0 Å². The Morgan fingerprint density at radius 3 is 1.65 bits per heavy atom. The van der Waals surface area contributed by atoms with Gasteiger partial charge in [0.05, 0.1) is 11.2 Å². The summed E-state index contributed by atoms with van der Waals surface area (Å²) >= 11 is 0. The van der Waals surface area contributed by atoms with Gasteiger partial charge < -0.3 is 13.7 Å². The van der Waals surface area contributed by atoms with Gasteiger partial charge in [-0.05, 0) is 94.8 Å². The number of furan rings is 1. The van der Waals surface area contributed by atoms with Crippen LogP contribution in [0.2, 0.25) is 0 Å². The van der Waals surface area contributed by atoms with E-state index in [0.29, 0.717) is 0 Å². The Kier molecular flexibility index (Phi) is 4.87. The third-order valence-corrected chi connectivity index (χ3v) is 9.12. The Bertz CT molecular complexity index is 2080. The number of benzene rings is 6. The van der Waals surface area contributed by atoms with Crippen molar-refractivity contribution in [1.82, 2.24) is 0 Å². The molecular formula is C36H29BO3. The SMILES string of the molecule is CC1(C)OB(c2cccc3oc4cccc(-c5ccc6c7ccccc7c7ccccc7c6c5)c4c23)OC1(C)C. The summed E-state index contributed by atoms with van der Waals surface area (Å²) < 4.78 is 19.4. The molecule has 8 rings (SSSR count). The van der Waals surface area contributed by atoms with Gasteiger partial charge in [0.25, 0.3) is 0 Å². The van der Waals surface area contributed by atoms with E-state index < -0.39 is 18.3 Å². The molecule has 0 radical (unpaired) electrons. The second-order valence-corrected chi connectivity index (χ2v) is 11.9. The number of rotatable bonds is 2. The van der Waals surface area contributed by atoms with Crippen LogP contribution >= 0.6 is 0 Å². The Morgan fingerprint density at radius 1 is 0.500 bits per heavy atom. The molecule has 40 heavy (non-hydrogen) atoms. The van der Waals surface area contributed by atoms with Crippen LogP contribution in [-0.4, -0.2) is 18.3 Å². The molecule has 0 aliphatic carbocycles. The van der Waals surface area contributed by atoms with Crippen LogP contribution in [0.25, 0.3) is 65.4 Å². The van der Waals surface area contributed by atoms with Crippen molar-refractivity contribution in [3.05, 3.63) is 103 Å². The molecule has 0 N–H and O–H groups in total. The van der Waals surface area contributed by atoms with Gasteiger partial charge in [-0.15, -0.1) is 0 Å². The van der Waals surface area contributed by atoms with E-state index in [-0.39, 0.29) is 0 Å². The molecular weight excluding hydrogens is 491 g/mol. The molecule has 194 valence electrons. The quantitative estimate of drug-likeness (QED) is 0.168. The normalized spacial score (nSPS) is 16.6. The van der Waals surface area contributed by atoms with Crippen molar-refractivity contribution in [1.29, 1.82) is 0 Å². The van der Waals surface area contributed by atoms with Crippen LogP contribution < -0.4 is 5.46 Å². The highest BCUT2D eigenvalue weighted by atomic mass is 16.7. The smallest absolute Gasteiger partial charge is 0.456 e. The molecule has 1 aliphatic rings. The molecule has 7 aromatic rings. The van der Waals surface area contributed by atoms with Crippen LogP contribution in [-0.2, 0) is 9.31 Å². The van der Waals surface area contributed by atoms with E-state index in [2.05, 4.69) is 119 Å². The molecule has 3 nitrogen and oxygen atoms in total. The second-order valence-electron chi connectivity index (χ2n) is 11.9. The molecule has 0 saturated carbocycles. The fourth-order valence-electron chi connectivity index (χ4n) is 6.38. The highest BCUT2D eigenvalue weighted by Crippen LogP contribution is 2.42. The molecule has 4 heteroatoms. The summed E-state index contributed by atoms with van der Waals surface area (Å²) in [5, 5.41) is 9.76. The lowest BCUT2D eigenvalue weighted by molar-refractivity contribution is 0.00578. The van der Waals surface area contributed by atoms with Crippen molar-refractivity contribution in [2.24, 2.45) is 0 Å². The minimum atomic E-state index is -0.477. The first kappa shape index (κ1) is 23.7. The third-order valence-electron chi connectivity index (χ3n) is 9.12. The van der Waals surface area contributed by atoms with Crippen LogP contribution in [0.3, 0.4) is 0 Å². The van der Waals surface area contributed by atoms with Crippen LogP contribution in [0.5, 0.6) is 0 Å². The first-order valence-electron chi connectivity index (χ1n) is 14.0. The Balaban J connectivity index is 1.41. The van der Waals surface area contributed by atoms with E-state index >= 15 is 0 Å². The summed E-state index contributed by atoms with van der Waals surface area (Å²) in [5.74, 6) is 0. The first-order chi connectivity index (χ1) is 19.3. The molecule has 0 bridgehead atoms. The summed E-state index contributed by atoms with van der Waals surface area (Å²) in [5.41, 5.74) is 4.14. The van der Waals surface area contributed by atoms with E-state index in [1.54, 1.807) is 0 Å². The maximum atomic E-state index is 6.50. The zero-order chi connectivity index (χ0) is 27.2. The molecule has 1 aliphatic heterocycles. The monoisotopic (exact) mass is 520 g/mol. The fraction of sp³-hybridized carbons (Fsp3) is 0.167. The lowest BCUT2D eigenvalue weighted by atomic mass is 9.76. The largest absolute Gasteiger partial charge is 0.495 e. The summed E-state index contributed by atoms with van der Waals surface area (Å²) in [6.07, 6.45) is 0. The number of fused-ring (bicyclic) bond motifs is 9. The van der Waals surface area contributed by atoms with E-state index in [1.807, 2.05) is 12.1 Å². The predicted octanol–water partition coefficient (Wildman–Crippen LogP) is 9.01. The first-order valence-corrected chi connectivity index (χ1v) is 14.0. The Labute approximate surface area is 233 Å². The van der Waals surface area contributed by atoms with Crippen LogP contribution in [0.4, 0.5) is 0 Å². The molecule has 0 atom stereocenters. The zero-order valence-electron chi connectivity index (χ0n) is 23.1. The van der Waals surface area contributed by atoms with Crippen LogP contribution in [0.1, 0.15) is 27.7 Å². The van der Waals surface area contributed by atoms with Crippen molar-refractivity contribution in [3.63, 3.8) is 0 Å². The number of hydrogen-bond acceptors (Lipinski definition) is 3. The van der Waals surface area contributed by atoms with E-state index in [9.17, 15) is 0 Å². The Hall–Kier alpha value is -4.12. The minimum Gasteiger partial charge on any atom is -0.456 e. The molecule has 0 unspecified atom stereocenters. The lowest BCUT2D eigenvalue weighted by Crippen LogP contribution is -2.41. The third kappa shape index (κ3) is 3.27. The summed E-state index contributed by atoms with van der Waals surface area (Å²) in [6.45, 7) is 8.37. The molecule has 0 amide bonds. The van der Waals surface area contributed by atoms with Gasteiger partial charge in [0, 0.05) is 10.8 Å². The van der Waals surface area contributed by atoms with E-state index in [0.717, 1.165) is 38.5 Å². The molecule has 6 aromatic carbocycles. The van der Waals surface area contributed by atoms with E-state index in [1.165, 1.54) is 32.3 Å². The van der Waals surface area contributed by atoms with Gasteiger partial charge in [0.2, 0.25) is 0 Å². The van der Waals surface area contributed by atoms with Crippen LogP contribution in [0, 0.1) is 0 Å². The average molecular weight is 520 g/mol. The highest BCUT2D eigenvalue weighted by Gasteiger charge is 2.52. The van der Waals surface area contributed by atoms with Gasteiger partial charge in [0.1, 0.15) is 11.2 Å². The lowest BCUT2D eigenvalue weighted by Gasteiger charge is -2.32. The molecule has 1 fully saturated rings. The number of hydrogen-bond donors (Lipinski definition) is 0. The highest BCUT2D eigenvalue weighted by molar-refractivity contribution is 6.66.